The summed E-state index contributed by atoms with van der Waals surface area (Å²) >= 11 is 5.86. The van der Waals surface area contributed by atoms with Gasteiger partial charge in [0.15, 0.2) is 0 Å². The highest BCUT2D eigenvalue weighted by molar-refractivity contribution is 8.01. The molecule has 9 heteroatoms. The van der Waals surface area contributed by atoms with E-state index in [1.54, 1.807) is 0 Å². The highest BCUT2D eigenvalue weighted by Crippen LogP contribution is 2.50. The summed E-state index contributed by atoms with van der Waals surface area (Å²) < 4.78 is 7.09. The minimum Gasteiger partial charge on any atom is -0.458 e. The first-order chi connectivity index (χ1) is 31.3. The van der Waals surface area contributed by atoms with E-state index in [0.717, 1.165) is 22.9 Å². The van der Waals surface area contributed by atoms with Crippen LogP contribution in [0.15, 0.2) is 217 Å². The van der Waals surface area contributed by atoms with Gasteiger partial charge in [0, 0.05) is 69.6 Å². The number of hydrogen-bond donors (Lipinski definition) is 0. The van der Waals surface area contributed by atoms with Crippen LogP contribution in [-0.4, -0.2) is 20.1 Å². The summed E-state index contributed by atoms with van der Waals surface area (Å²) in [5, 5.41) is 0. The lowest BCUT2D eigenvalue weighted by atomic mass is 9.30. The fourth-order valence-corrected chi connectivity index (χ4v) is 15.4. The number of nitrogens with zero attached hydrogens (tertiary/aromatic N) is 2. The Balaban J connectivity index is 1.11. The monoisotopic (exact) mass is 852 g/mol. The molecule has 0 aromatic heterocycles. The molecule has 63 heavy (non-hydrogen) atoms. The maximum absolute atomic E-state index is 7.09. The van der Waals surface area contributed by atoms with Crippen LogP contribution in [0.2, 0.25) is 0 Å². The Morgan fingerprint density at radius 2 is 0.794 bits per heavy atom. The van der Waals surface area contributed by atoms with Gasteiger partial charge in [-0.15, -0.1) is 0 Å². The van der Waals surface area contributed by atoms with E-state index in [2.05, 4.69) is 198 Å². The topological polar surface area (TPSA) is 15.7 Å². The van der Waals surface area contributed by atoms with E-state index < -0.39 is 0 Å². The van der Waals surface area contributed by atoms with Gasteiger partial charge in [-0.25, -0.2) is 0 Å². The summed E-state index contributed by atoms with van der Waals surface area (Å²) in [4.78, 5) is 13.1. The summed E-state index contributed by atoms with van der Waals surface area (Å²) in [6.07, 6.45) is 0. The van der Waals surface area contributed by atoms with Crippen molar-refractivity contribution in [2.24, 2.45) is 0 Å². The van der Waals surface area contributed by atoms with Gasteiger partial charge in [0.05, 0.1) is 0 Å². The standard InChI is InChI=1S/C54H31B3N2OS3/c1-3-16-32(17-4-1)58-38-24-15-25-39-48(38)57(49-40(58)30-43-51-53(49)62-45-28-13-9-22-36(45)55(51)34-20-7-11-26-42(34)60-43)50-41(59(39)33-18-5-2-6-19-33)31-47-52-54(50)63-46-29-14-10-23-37(46)56(52)35-21-8-12-27-44(35)61-47/h1-31H. The van der Waals surface area contributed by atoms with Crippen LogP contribution in [0.25, 0.3) is 0 Å². The van der Waals surface area contributed by atoms with Crippen molar-refractivity contribution in [2.75, 3.05) is 9.80 Å². The average molecular weight is 852 g/mol. The second-order valence-electron chi connectivity index (χ2n) is 17.0. The predicted octanol–water partition coefficient (Wildman–Crippen LogP) is 8.30. The molecule has 0 fully saturated rings. The van der Waals surface area contributed by atoms with Crippen LogP contribution in [0.1, 0.15) is 0 Å². The zero-order valence-corrected chi connectivity index (χ0v) is 36.1. The first-order valence-electron chi connectivity index (χ1n) is 21.6. The van der Waals surface area contributed by atoms with Gasteiger partial charge in [0.1, 0.15) is 11.5 Å². The SMILES string of the molecule is c1ccc(N2c3cccc4c3B(c3c2cc2c5c3Sc3ccccc3B5c3ccccc3O2)c2c(cc3c5c2Sc2ccccc2B5c2ccccc2S3)N4c2ccccc2)cc1. The van der Waals surface area contributed by atoms with Gasteiger partial charge < -0.3 is 14.5 Å². The molecular formula is C54H31B3N2OS3. The van der Waals surface area contributed by atoms with Crippen molar-refractivity contribution in [1.82, 2.24) is 0 Å². The molecule has 9 aromatic carbocycles. The third kappa shape index (κ3) is 4.74. The van der Waals surface area contributed by atoms with Crippen LogP contribution in [0.4, 0.5) is 34.1 Å². The smallest absolute Gasteiger partial charge is 0.255 e. The van der Waals surface area contributed by atoms with Gasteiger partial charge in [0.2, 0.25) is 6.71 Å². The molecule has 15 rings (SSSR count). The zero-order valence-electron chi connectivity index (χ0n) is 33.7. The van der Waals surface area contributed by atoms with Crippen LogP contribution >= 0.6 is 35.3 Å². The Kier molecular flexibility index (Phi) is 7.30. The van der Waals surface area contributed by atoms with Gasteiger partial charge in [-0.1, -0.05) is 167 Å². The van der Waals surface area contributed by atoms with E-state index in [0.29, 0.717) is 0 Å². The van der Waals surface area contributed by atoms with E-state index in [1.165, 1.54) is 101 Å². The number of benzene rings is 9. The van der Waals surface area contributed by atoms with Crippen LogP contribution in [0, 0.1) is 0 Å². The lowest BCUT2D eigenvalue weighted by molar-refractivity contribution is 0.486. The molecule has 0 radical (unpaired) electrons. The molecule has 290 valence electrons. The molecule has 0 N–H and O–H groups in total. The zero-order chi connectivity index (χ0) is 40.9. The Bertz CT molecular complexity index is 3230. The minimum atomic E-state index is -0.0714. The van der Waals surface area contributed by atoms with Crippen molar-refractivity contribution >= 4 is 139 Å². The van der Waals surface area contributed by atoms with Gasteiger partial charge in [-0.2, -0.15) is 0 Å². The summed E-state index contributed by atoms with van der Waals surface area (Å²) in [6, 6.07) is 69.9. The van der Waals surface area contributed by atoms with Gasteiger partial charge >= 0.3 is 0 Å². The normalized spacial score (nSPS) is 14.8. The molecule has 3 nitrogen and oxygen atoms in total. The maximum atomic E-state index is 7.09. The molecule has 0 saturated carbocycles. The van der Waals surface area contributed by atoms with Crippen molar-refractivity contribution in [1.29, 1.82) is 0 Å². The van der Waals surface area contributed by atoms with Crippen LogP contribution in [0.5, 0.6) is 11.5 Å². The largest absolute Gasteiger partial charge is 0.458 e. The summed E-state index contributed by atoms with van der Waals surface area (Å²) in [6.45, 7) is 0.116. The number of ether oxygens (including phenoxy) is 1. The van der Waals surface area contributed by atoms with E-state index >= 15 is 0 Å². The lowest BCUT2D eigenvalue weighted by Gasteiger charge is -2.47. The van der Waals surface area contributed by atoms with Crippen LogP contribution < -0.4 is 63.7 Å². The Labute approximate surface area is 379 Å². The summed E-state index contributed by atoms with van der Waals surface area (Å²) in [5.41, 5.74) is 19.3. The molecule has 6 heterocycles. The van der Waals surface area contributed by atoms with E-state index in [-0.39, 0.29) is 20.1 Å². The predicted molar refractivity (Wildman–Crippen MR) is 268 cm³/mol. The van der Waals surface area contributed by atoms with E-state index in [9.17, 15) is 0 Å². The number of anilines is 6. The first-order valence-corrected chi connectivity index (χ1v) is 24.1. The molecule has 6 aliphatic heterocycles. The molecular weight excluding hydrogens is 821 g/mol. The molecule has 0 atom stereocenters. The molecule has 0 unspecified atom stereocenters. The second kappa shape index (κ2) is 13.1. The number of fused-ring (bicyclic) bond motifs is 14. The molecule has 0 spiro atoms. The van der Waals surface area contributed by atoms with Crippen molar-refractivity contribution in [3.63, 3.8) is 0 Å². The van der Waals surface area contributed by atoms with Crippen molar-refractivity contribution in [2.45, 2.75) is 29.4 Å². The molecule has 0 bridgehead atoms. The minimum absolute atomic E-state index is 0.0498. The number of rotatable bonds is 2. The van der Waals surface area contributed by atoms with E-state index in [4.69, 9.17) is 4.74 Å². The Morgan fingerprint density at radius 1 is 0.317 bits per heavy atom. The molecule has 9 aromatic rings. The highest BCUT2D eigenvalue weighted by atomic mass is 32.2. The van der Waals surface area contributed by atoms with Gasteiger partial charge in [0.25, 0.3) is 13.4 Å². The third-order valence-corrected chi connectivity index (χ3v) is 17.5. The third-order valence-electron chi connectivity index (χ3n) is 13.9. The van der Waals surface area contributed by atoms with Crippen LogP contribution in [0.3, 0.4) is 0 Å². The second-order valence-corrected chi connectivity index (χ2v) is 20.2. The lowest BCUT2D eigenvalue weighted by Crippen LogP contribution is -2.67. The number of para-hydroxylation sites is 3. The Morgan fingerprint density at radius 3 is 1.40 bits per heavy atom. The average Bonchev–Trinajstić information content (AvgIpc) is 3.34. The van der Waals surface area contributed by atoms with Crippen molar-refractivity contribution in [3.8, 4) is 11.5 Å². The fraction of sp³-hybridized carbons (Fsp3) is 0. The maximum Gasteiger partial charge on any atom is 0.255 e. The highest BCUT2D eigenvalue weighted by Gasteiger charge is 2.51. The molecule has 6 aliphatic rings. The van der Waals surface area contributed by atoms with Crippen LogP contribution in [-0.2, 0) is 0 Å². The number of hydrogen-bond acceptors (Lipinski definition) is 6. The molecule has 0 aliphatic carbocycles. The van der Waals surface area contributed by atoms with Crippen molar-refractivity contribution < 1.29 is 4.74 Å². The van der Waals surface area contributed by atoms with E-state index in [1.807, 2.05) is 35.3 Å². The summed E-state index contributed by atoms with van der Waals surface area (Å²) in [5.74, 6) is 1.88. The quantitative estimate of drug-likeness (QED) is 0.162. The fourth-order valence-electron chi connectivity index (χ4n) is 11.5. The van der Waals surface area contributed by atoms with Gasteiger partial charge in [-0.05, 0) is 99.5 Å². The van der Waals surface area contributed by atoms with Gasteiger partial charge in [-0.3, -0.25) is 0 Å². The molecule has 0 saturated heterocycles. The summed E-state index contributed by atoms with van der Waals surface area (Å²) in [7, 11) is 0. The molecule has 0 amide bonds. The first kappa shape index (κ1) is 35.1. The Hall–Kier alpha value is -6.38. The van der Waals surface area contributed by atoms with Crippen molar-refractivity contribution in [3.05, 3.63) is 188 Å².